The molecule has 0 heterocycles. The average molecular weight is 236 g/mol. The third-order valence-electron chi connectivity index (χ3n) is 2.63. The number of para-hydroxylation sites is 1. The standard InChI is InChI=1S/C13H20N2O2/c1-4-6-9(2)15-13(16)10-7-5-8-11(17-3)12(10)14/h5,7-9H,4,6,14H2,1-3H3,(H,15,16). The molecule has 0 bridgehead atoms. The minimum Gasteiger partial charge on any atom is -0.495 e. The zero-order valence-electron chi connectivity index (χ0n) is 10.6. The number of benzene rings is 1. The van der Waals surface area contributed by atoms with E-state index in [0.717, 1.165) is 12.8 Å². The number of hydrogen-bond acceptors (Lipinski definition) is 3. The van der Waals surface area contributed by atoms with Crippen LogP contribution in [0.25, 0.3) is 0 Å². The van der Waals surface area contributed by atoms with Crippen LogP contribution in [0.2, 0.25) is 0 Å². The Labute approximate surface area is 102 Å². The second kappa shape index (κ2) is 6.13. The number of hydrogen-bond donors (Lipinski definition) is 2. The van der Waals surface area contributed by atoms with Gasteiger partial charge in [0.05, 0.1) is 18.4 Å². The Kier molecular flexibility index (Phi) is 4.82. The van der Waals surface area contributed by atoms with E-state index in [2.05, 4.69) is 12.2 Å². The second-order valence-electron chi connectivity index (χ2n) is 4.08. The first-order chi connectivity index (χ1) is 8.10. The van der Waals surface area contributed by atoms with E-state index in [4.69, 9.17) is 10.5 Å². The van der Waals surface area contributed by atoms with Gasteiger partial charge in [-0.25, -0.2) is 0 Å². The van der Waals surface area contributed by atoms with Crippen LogP contribution < -0.4 is 15.8 Å². The average Bonchev–Trinajstić information content (AvgIpc) is 2.29. The SMILES string of the molecule is CCCC(C)NC(=O)c1cccc(OC)c1N. The number of rotatable bonds is 5. The van der Waals surface area contributed by atoms with E-state index in [1.54, 1.807) is 18.2 Å². The van der Waals surface area contributed by atoms with Crippen molar-refractivity contribution in [3.8, 4) is 5.75 Å². The first kappa shape index (κ1) is 13.4. The van der Waals surface area contributed by atoms with Gasteiger partial charge in [0, 0.05) is 6.04 Å². The van der Waals surface area contributed by atoms with Crippen molar-refractivity contribution in [1.82, 2.24) is 5.32 Å². The van der Waals surface area contributed by atoms with Crippen molar-refractivity contribution in [3.63, 3.8) is 0 Å². The lowest BCUT2D eigenvalue weighted by molar-refractivity contribution is 0.0939. The van der Waals surface area contributed by atoms with Crippen molar-refractivity contribution < 1.29 is 9.53 Å². The predicted molar refractivity (Wildman–Crippen MR) is 69.2 cm³/mol. The summed E-state index contributed by atoms with van der Waals surface area (Å²) in [6.45, 7) is 4.07. The number of methoxy groups -OCH3 is 1. The molecule has 1 unspecified atom stereocenters. The molecule has 0 saturated carbocycles. The Hall–Kier alpha value is -1.71. The van der Waals surface area contributed by atoms with Crippen LogP contribution in [0.15, 0.2) is 18.2 Å². The fourth-order valence-corrected chi connectivity index (χ4v) is 1.73. The van der Waals surface area contributed by atoms with Crippen LogP contribution >= 0.6 is 0 Å². The van der Waals surface area contributed by atoms with Gasteiger partial charge >= 0.3 is 0 Å². The van der Waals surface area contributed by atoms with E-state index in [1.165, 1.54) is 7.11 Å². The highest BCUT2D eigenvalue weighted by atomic mass is 16.5. The van der Waals surface area contributed by atoms with Gasteiger partial charge in [-0.3, -0.25) is 4.79 Å². The van der Waals surface area contributed by atoms with Crippen LogP contribution in [0.5, 0.6) is 5.75 Å². The molecule has 0 spiro atoms. The minimum absolute atomic E-state index is 0.151. The lowest BCUT2D eigenvalue weighted by Gasteiger charge is -2.14. The summed E-state index contributed by atoms with van der Waals surface area (Å²) in [6, 6.07) is 5.35. The number of carbonyl (C=O) groups excluding carboxylic acids is 1. The predicted octanol–water partition coefficient (Wildman–Crippen LogP) is 2.20. The Morgan fingerprint density at radius 1 is 1.53 bits per heavy atom. The molecule has 0 radical (unpaired) electrons. The molecule has 0 aliphatic rings. The molecule has 1 aromatic rings. The number of amides is 1. The fraction of sp³-hybridized carbons (Fsp3) is 0.462. The highest BCUT2D eigenvalue weighted by molar-refractivity contribution is 6.00. The summed E-state index contributed by atoms with van der Waals surface area (Å²) in [5.41, 5.74) is 6.71. The maximum atomic E-state index is 12.0. The summed E-state index contributed by atoms with van der Waals surface area (Å²) >= 11 is 0. The van der Waals surface area contributed by atoms with E-state index in [9.17, 15) is 4.79 Å². The lowest BCUT2D eigenvalue weighted by Crippen LogP contribution is -2.32. The molecule has 0 aliphatic carbocycles. The van der Waals surface area contributed by atoms with Crippen LogP contribution in [0.1, 0.15) is 37.0 Å². The third-order valence-corrected chi connectivity index (χ3v) is 2.63. The van der Waals surface area contributed by atoms with Crippen molar-refractivity contribution in [2.24, 2.45) is 0 Å². The molecule has 1 amide bonds. The summed E-state index contributed by atoms with van der Waals surface area (Å²) < 4.78 is 5.08. The first-order valence-electron chi connectivity index (χ1n) is 5.83. The molecule has 0 saturated heterocycles. The third kappa shape index (κ3) is 3.37. The van der Waals surface area contributed by atoms with E-state index < -0.39 is 0 Å². The Morgan fingerprint density at radius 2 is 2.24 bits per heavy atom. The molecule has 0 aliphatic heterocycles. The van der Waals surface area contributed by atoms with Gasteiger partial charge in [0.1, 0.15) is 5.75 Å². The van der Waals surface area contributed by atoms with Gasteiger partial charge in [-0.1, -0.05) is 19.4 Å². The topological polar surface area (TPSA) is 64.3 Å². The number of nitrogens with two attached hydrogens (primary N) is 1. The van der Waals surface area contributed by atoms with Crippen molar-refractivity contribution in [1.29, 1.82) is 0 Å². The van der Waals surface area contributed by atoms with Crippen molar-refractivity contribution in [2.75, 3.05) is 12.8 Å². The Balaban J connectivity index is 2.82. The van der Waals surface area contributed by atoms with Gasteiger partial charge < -0.3 is 15.8 Å². The zero-order valence-corrected chi connectivity index (χ0v) is 10.6. The minimum atomic E-state index is -0.151. The molecule has 4 nitrogen and oxygen atoms in total. The maximum Gasteiger partial charge on any atom is 0.253 e. The fourth-order valence-electron chi connectivity index (χ4n) is 1.73. The summed E-state index contributed by atoms with van der Waals surface area (Å²) in [5.74, 6) is 0.378. The monoisotopic (exact) mass is 236 g/mol. The van der Waals surface area contributed by atoms with Crippen molar-refractivity contribution in [3.05, 3.63) is 23.8 Å². The van der Waals surface area contributed by atoms with Crippen LogP contribution in [0, 0.1) is 0 Å². The first-order valence-corrected chi connectivity index (χ1v) is 5.83. The molecular weight excluding hydrogens is 216 g/mol. The number of anilines is 1. The number of nitrogens with one attached hydrogen (secondary N) is 1. The normalized spacial score (nSPS) is 11.9. The molecule has 17 heavy (non-hydrogen) atoms. The van der Waals surface area contributed by atoms with Gasteiger partial charge in [-0.2, -0.15) is 0 Å². The van der Waals surface area contributed by atoms with Crippen molar-refractivity contribution >= 4 is 11.6 Å². The van der Waals surface area contributed by atoms with Crippen LogP contribution in [-0.2, 0) is 0 Å². The molecule has 3 N–H and O–H groups in total. The van der Waals surface area contributed by atoms with Gasteiger partial charge in [-0.15, -0.1) is 0 Å². The number of carbonyl (C=O) groups is 1. The largest absolute Gasteiger partial charge is 0.495 e. The highest BCUT2D eigenvalue weighted by Gasteiger charge is 2.14. The van der Waals surface area contributed by atoms with E-state index in [-0.39, 0.29) is 11.9 Å². The summed E-state index contributed by atoms with van der Waals surface area (Å²) in [4.78, 5) is 12.0. The summed E-state index contributed by atoms with van der Waals surface area (Å²) in [5, 5.41) is 2.91. The number of ether oxygens (including phenoxy) is 1. The van der Waals surface area contributed by atoms with Gasteiger partial charge in [0.15, 0.2) is 0 Å². The molecule has 4 heteroatoms. The molecule has 94 valence electrons. The quantitative estimate of drug-likeness (QED) is 0.770. The molecular formula is C13H20N2O2. The van der Waals surface area contributed by atoms with Gasteiger partial charge in [0.25, 0.3) is 5.91 Å². The van der Waals surface area contributed by atoms with Gasteiger partial charge in [-0.05, 0) is 25.5 Å². The van der Waals surface area contributed by atoms with Crippen LogP contribution in [0.3, 0.4) is 0 Å². The molecule has 1 rings (SSSR count). The highest BCUT2D eigenvalue weighted by Crippen LogP contribution is 2.24. The Bertz CT molecular complexity index is 391. The zero-order chi connectivity index (χ0) is 12.8. The smallest absolute Gasteiger partial charge is 0.253 e. The lowest BCUT2D eigenvalue weighted by atomic mass is 10.1. The molecule has 1 atom stereocenters. The molecule has 1 aromatic carbocycles. The number of nitrogen functional groups attached to an aromatic ring is 1. The van der Waals surface area contributed by atoms with E-state index >= 15 is 0 Å². The summed E-state index contributed by atoms with van der Waals surface area (Å²) in [6.07, 6.45) is 1.99. The second-order valence-corrected chi connectivity index (χ2v) is 4.08. The van der Waals surface area contributed by atoms with Crippen LogP contribution in [0.4, 0.5) is 5.69 Å². The van der Waals surface area contributed by atoms with E-state index in [0.29, 0.717) is 17.0 Å². The van der Waals surface area contributed by atoms with Crippen molar-refractivity contribution in [2.45, 2.75) is 32.7 Å². The molecule has 0 aromatic heterocycles. The van der Waals surface area contributed by atoms with E-state index in [1.807, 2.05) is 6.92 Å². The van der Waals surface area contributed by atoms with Gasteiger partial charge in [0.2, 0.25) is 0 Å². The van der Waals surface area contributed by atoms with Crippen LogP contribution in [-0.4, -0.2) is 19.1 Å². The Morgan fingerprint density at radius 3 is 2.82 bits per heavy atom. The maximum absolute atomic E-state index is 12.0. The molecule has 0 fully saturated rings. The summed E-state index contributed by atoms with van der Waals surface area (Å²) in [7, 11) is 1.53.